The van der Waals surface area contributed by atoms with Gasteiger partial charge in [0.1, 0.15) is 5.54 Å². The maximum absolute atomic E-state index is 9.28. The first-order valence-electron chi connectivity index (χ1n) is 6.96. The van der Waals surface area contributed by atoms with Crippen molar-refractivity contribution in [2.75, 3.05) is 32.8 Å². The summed E-state index contributed by atoms with van der Waals surface area (Å²) in [6, 6.07) is 2.71. The zero-order valence-corrected chi connectivity index (χ0v) is 12.6. The van der Waals surface area contributed by atoms with E-state index in [2.05, 4.69) is 37.1 Å². The lowest BCUT2D eigenvalue weighted by atomic mass is 9.98. The zero-order valence-electron chi connectivity index (χ0n) is 12.6. The quantitative estimate of drug-likeness (QED) is 0.607. The summed E-state index contributed by atoms with van der Waals surface area (Å²) >= 11 is 0. The van der Waals surface area contributed by atoms with Crippen molar-refractivity contribution in [3.8, 4) is 6.07 Å². The fraction of sp³-hybridized carbons (Fsp3) is 0.929. The van der Waals surface area contributed by atoms with E-state index in [1.165, 1.54) is 0 Å². The van der Waals surface area contributed by atoms with Crippen LogP contribution in [0.1, 0.15) is 41.0 Å². The minimum atomic E-state index is -0.437. The number of nitriles is 1. The van der Waals surface area contributed by atoms with E-state index in [0.717, 1.165) is 39.3 Å². The van der Waals surface area contributed by atoms with Crippen LogP contribution in [0.5, 0.6) is 0 Å². The highest BCUT2D eigenvalue weighted by Gasteiger charge is 2.24. The Labute approximate surface area is 112 Å². The summed E-state index contributed by atoms with van der Waals surface area (Å²) in [5, 5.41) is 12.6. The van der Waals surface area contributed by atoms with Crippen LogP contribution in [0.4, 0.5) is 0 Å². The van der Waals surface area contributed by atoms with Crippen LogP contribution >= 0.6 is 0 Å². The molecule has 0 bridgehead atoms. The van der Waals surface area contributed by atoms with Crippen LogP contribution < -0.4 is 5.32 Å². The molecule has 0 aromatic rings. The van der Waals surface area contributed by atoms with Gasteiger partial charge in [-0.15, -0.1) is 0 Å². The molecule has 0 aromatic carbocycles. The fourth-order valence-electron chi connectivity index (χ4n) is 1.95. The zero-order chi connectivity index (χ0) is 14.0. The van der Waals surface area contributed by atoms with Crippen molar-refractivity contribution in [2.24, 2.45) is 0 Å². The van der Waals surface area contributed by atoms with Crippen molar-refractivity contribution in [3.63, 3.8) is 0 Å². The van der Waals surface area contributed by atoms with Gasteiger partial charge in [0, 0.05) is 25.7 Å². The van der Waals surface area contributed by atoms with E-state index in [9.17, 15) is 5.26 Å². The monoisotopic (exact) mass is 255 g/mol. The number of ether oxygens (including phenoxy) is 1. The van der Waals surface area contributed by atoms with Gasteiger partial charge in [-0.25, -0.2) is 0 Å². The fourth-order valence-corrected chi connectivity index (χ4v) is 1.95. The number of hydrogen-bond acceptors (Lipinski definition) is 4. The number of rotatable bonds is 10. The van der Waals surface area contributed by atoms with Gasteiger partial charge in [0.25, 0.3) is 0 Å². The SMILES string of the molecule is CCOCCN(CC)CCC(C)(C#N)NC(C)C. The molecule has 4 nitrogen and oxygen atoms in total. The Morgan fingerprint density at radius 3 is 2.44 bits per heavy atom. The Morgan fingerprint density at radius 2 is 2.00 bits per heavy atom. The van der Waals surface area contributed by atoms with Crippen LogP contribution in [0, 0.1) is 11.3 Å². The highest BCUT2D eigenvalue weighted by atomic mass is 16.5. The van der Waals surface area contributed by atoms with Gasteiger partial charge in [-0.2, -0.15) is 5.26 Å². The molecule has 0 spiro atoms. The first-order valence-corrected chi connectivity index (χ1v) is 6.96. The molecule has 0 saturated heterocycles. The molecule has 0 aliphatic carbocycles. The summed E-state index contributed by atoms with van der Waals surface area (Å²) in [5.74, 6) is 0. The molecule has 1 atom stereocenters. The lowest BCUT2D eigenvalue weighted by Crippen LogP contribution is -2.47. The van der Waals surface area contributed by atoms with Crippen LogP contribution in [0.3, 0.4) is 0 Å². The third-order valence-electron chi connectivity index (χ3n) is 2.99. The molecule has 0 aliphatic rings. The number of likely N-dealkylation sites (N-methyl/N-ethyl adjacent to an activating group) is 1. The summed E-state index contributed by atoms with van der Waals surface area (Å²) < 4.78 is 5.37. The molecule has 0 aromatic heterocycles. The summed E-state index contributed by atoms with van der Waals surface area (Å²) in [5.41, 5.74) is -0.437. The molecular weight excluding hydrogens is 226 g/mol. The van der Waals surface area contributed by atoms with Crippen LogP contribution in [-0.4, -0.2) is 49.3 Å². The second kappa shape index (κ2) is 9.32. The van der Waals surface area contributed by atoms with Crippen LogP contribution in [-0.2, 0) is 4.74 Å². The Balaban J connectivity index is 4.11. The summed E-state index contributed by atoms with van der Waals surface area (Å²) in [7, 11) is 0. The van der Waals surface area contributed by atoms with E-state index in [1.54, 1.807) is 0 Å². The van der Waals surface area contributed by atoms with Crippen LogP contribution in [0.2, 0.25) is 0 Å². The summed E-state index contributed by atoms with van der Waals surface area (Å²) in [4.78, 5) is 2.33. The van der Waals surface area contributed by atoms with E-state index in [1.807, 2.05) is 13.8 Å². The predicted molar refractivity (Wildman–Crippen MR) is 75.5 cm³/mol. The van der Waals surface area contributed by atoms with Crippen molar-refractivity contribution in [1.29, 1.82) is 5.26 Å². The predicted octanol–water partition coefficient (Wildman–Crippen LogP) is 2.02. The molecule has 0 radical (unpaired) electrons. The van der Waals surface area contributed by atoms with Crippen LogP contribution in [0.25, 0.3) is 0 Å². The van der Waals surface area contributed by atoms with Crippen molar-refractivity contribution in [2.45, 2.75) is 52.6 Å². The van der Waals surface area contributed by atoms with Gasteiger partial charge in [0.15, 0.2) is 0 Å². The first-order chi connectivity index (χ1) is 8.47. The molecule has 1 unspecified atom stereocenters. The largest absolute Gasteiger partial charge is 0.380 e. The highest BCUT2D eigenvalue weighted by molar-refractivity contribution is 5.04. The molecule has 0 heterocycles. The minimum Gasteiger partial charge on any atom is -0.380 e. The van der Waals surface area contributed by atoms with Gasteiger partial charge in [-0.1, -0.05) is 6.92 Å². The molecule has 106 valence electrons. The van der Waals surface area contributed by atoms with E-state index >= 15 is 0 Å². The second-order valence-electron chi connectivity index (χ2n) is 5.12. The molecule has 1 N–H and O–H groups in total. The Morgan fingerprint density at radius 1 is 1.33 bits per heavy atom. The summed E-state index contributed by atoms with van der Waals surface area (Å²) in [6.07, 6.45) is 0.835. The molecule has 0 fully saturated rings. The number of nitrogens with zero attached hydrogens (tertiary/aromatic N) is 2. The Bertz CT molecular complexity index is 250. The maximum atomic E-state index is 9.28. The van der Waals surface area contributed by atoms with Crippen LogP contribution in [0.15, 0.2) is 0 Å². The molecular formula is C14H29N3O. The molecule has 4 heteroatoms. The molecule has 0 amide bonds. The smallest absolute Gasteiger partial charge is 0.105 e. The first kappa shape index (κ1) is 17.4. The summed E-state index contributed by atoms with van der Waals surface area (Å²) in [6.45, 7) is 14.7. The second-order valence-corrected chi connectivity index (χ2v) is 5.12. The Hall–Kier alpha value is -0.630. The third-order valence-corrected chi connectivity index (χ3v) is 2.99. The van der Waals surface area contributed by atoms with Crippen molar-refractivity contribution in [3.05, 3.63) is 0 Å². The average Bonchev–Trinajstić information content (AvgIpc) is 2.32. The van der Waals surface area contributed by atoms with Gasteiger partial charge in [0.05, 0.1) is 12.7 Å². The van der Waals surface area contributed by atoms with Gasteiger partial charge in [0.2, 0.25) is 0 Å². The molecule has 0 aliphatic heterocycles. The van der Waals surface area contributed by atoms with E-state index in [0.29, 0.717) is 6.04 Å². The maximum Gasteiger partial charge on any atom is 0.105 e. The van der Waals surface area contributed by atoms with Gasteiger partial charge >= 0.3 is 0 Å². The van der Waals surface area contributed by atoms with Crippen molar-refractivity contribution in [1.82, 2.24) is 10.2 Å². The van der Waals surface area contributed by atoms with Crippen molar-refractivity contribution < 1.29 is 4.74 Å². The normalized spacial score (nSPS) is 14.8. The highest BCUT2D eigenvalue weighted by Crippen LogP contribution is 2.10. The lowest BCUT2D eigenvalue weighted by Gasteiger charge is -2.29. The number of nitrogens with one attached hydrogen (secondary N) is 1. The Kier molecular flexibility index (Phi) is 8.99. The van der Waals surface area contributed by atoms with Gasteiger partial charge in [-0.05, 0) is 40.7 Å². The van der Waals surface area contributed by atoms with Gasteiger partial charge < -0.3 is 9.64 Å². The third kappa shape index (κ3) is 7.65. The van der Waals surface area contributed by atoms with E-state index < -0.39 is 5.54 Å². The van der Waals surface area contributed by atoms with Gasteiger partial charge in [-0.3, -0.25) is 5.32 Å². The number of hydrogen-bond donors (Lipinski definition) is 1. The lowest BCUT2D eigenvalue weighted by molar-refractivity contribution is 0.112. The van der Waals surface area contributed by atoms with E-state index in [-0.39, 0.29) is 0 Å². The minimum absolute atomic E-state index is 0.327. The standard InChI is InChI=1S/C14H29N3O/c1-6-17(10-11-18-7-2)9-8-14(5,12-15)16-13(3)4/h13,16H,6-11H2,1-5H3. The molecule has 0 saturated carbocycles. The topological polar surface area (TPSA) is 48.3 Å². The molecule has 18 heavy (non-hydrogen) atoms. The molecule has 0 rings (SSSR count). The van der Waals surface area contributed by atoms with E-state index in [4.69, 9.17) is 4.74 Å². The van der Waals surface area contributed by atoms with Crippen molar-refractivity contribution >= 4 is 0 Å². The average molecular weight is 255 g/mol.